The van der Waals surface area contributed by atoms with E-state index in [1.165, 1.54) is 19.3 Å². The zero-order valence-corrected chi connectivity index (χ0v) is 13.2. The minimum absolute atomic E-state index is 0.166. The molecule has 1 amide bonds. The highest BCUT2D eigenvalue weighted by atomic mass is 35.5. The number of amides is 1. The van der Waals surface area contributed by atoms with Gasteiger partial charge in [-0.15, -0.1) is 11.6 Å². The molecular formula is C16H21Cl2NO. The Morgan fingerprint density at radius 1 is 1.25 bits per heavy atom. The average molecular weight is 314 g/mol. The van der Waals surface area contributed by atoms with Crippen molar-refractivity contribution in [2.24, 2.45) is 0 Å². The summed E-state index contributed by atoms with van der Waals surface area (Å²) in [7, 11) is 0. The number of halogens is 2. The van der Waals surface area contributed by atoms with Gasteiger partial charge in [-0.05, 0) is 30.5 Å². The third-order valence-corrected chi connectivity index (χ3v) is 4.31. The number of carbonyl (C=O) groups excluding carboxylic acids is 1. The summed E-state index contributed by atoms with van der Waals surface area (Å²) in [6, 6.07) is 7.89. The summed E-state index contributed by atoms with van der Waals surface area (Å²) >= 11 is 11.8. The first-order valence-corrected chi connectivity index (χ1v) is 8.22. The van der Waals surface area contributed by atoms with Crippen LogP contribution in [0.2, 0.25) is 5.02 Å². The number of alkyl halides is 1. The van der Waals surface area contributed by atoms with Gasteiger partial charge in [0.1, 0.15) is 0 Å². The number of rotatable bonds is 5. The molecule has 0 bridgehead atoms. The molecule has 0 spiro atoms. The summed E-state index contributed by atoms with van der Waals surface area (Å²) < 4.78 is 0. The molecule has 110 valence electrons. The lowest BCUT2D eigenvalue weighted by Crippen LogP contribution is -2.43. The maximum absolute atomic E-state index is 12.5. The van der Waals surface area contributed by atoms with Gasteiger partial charge in [0.15, 0.2) is 0 Å². The van der Waals surface area contributed by atoms with Crippen LogP contribution in [-0.4, -0.2) is 29.3 Å². The highest BCUT2D eigenvalue weighted by Gasteiger charge is 2.24. The molecule has 0 N–H and O–H groups in total. The van der Waals surface area contributed by atoms with Crippen LogP contribution in [-0.2, 0) is 11.2 Å². The fourth-order valence-electron chi connectivity index (χ4n) is 2.92. The summed E-state index contributed by atoms with van der Waals surface area (Å²) in [5.41, 5.74) is 0.970. The Hall–Kier alpha value is -0.730. The summed E-state index contributed by atoms with van der Waals surface area (Å²) in [4.78, 5) is 14.5. The predicted octanol–water partition coefficient (Wildman–Crippen LogP) is 4.28. The normalized spacial score (nSPS) is 16.1. The number of benzene rings is 1. The summed E-state index contributed by atoms with van der Waals surface area (Å²) in [6.45, 7) is 0.644. The van der Waals surface area contributed by atoms with Crippen molar-refractivity contribution >= 4 is 29.1 Å². The summed E-state index contributed by atoms with van der Waals surface area (Å²) in [5.74, 6) is 0.664. The van der Waals surface area contributed by atoms with Crippen molar-refractivity contribution in [3.05, 3.63) is 34.9 Å². The Morgan fingerprint density at radius 2 is 2.00 bits per heavy atom. The Bertz CT molecular complexity index is 444. The van der Waals surface area contributed by atoms with Crippen LogP contribution >= 0.6 is 23.2 Å². The van der Waals surface area contributed by atoms with Gasteiger partial charge in [0.2, 0.25) is 5.91 Å². The highest BCUT2D eigenvalue weighted by Crippen LogP contribution is 2.23. The summed E-state index contributed by atoms with van der Waals surface area (Å²) in [6.07, 6.45) is 6.35. The van der Waals surface area contributed by atoms with E-state index in [4.69, 9.17) is 23.2 Å². The summed E-state index contributed by atoms with van der Waals surface area (Å²) in [5, 5.41) is 0.678. The molecule has 4 heteroatoms. The van der Waals surface area contributed by atoms with E-state index >= 15 is 0 Å². The SMILES string of the molecule is O=C(Cc1cccc(Cl)c1)N(CCCl)C1CCCCC1. The molecule has 0 saturated heterocycles. The van der Waals surface area contributed by atoms with E-state index in [0.717, 1.165) is 18.4 Å². The minimum atomic E-state index is 0.166. The third-order valence-electron chi connectivity index (χ3n) is 3.91. The second-order valence-corrected chi connectivity index (χ2v) is 6.19. The van der Waals surface area contributed by atoms with Crippen LogP contribution in [0.3, 0.4) is 0 Å². The van der Waals surface area contributed by atoms with Crippen molar-refractivity contribution in [3.8, 4) is 0 Å². The fraction of sp³-hybridized carbons (Fsp3) is 0.562. The van der Waals surface area contributed by atoms with E-state index in [1.54, 1.807) is 0 Å². The second-order valence-electron chi connectivity index (χ2n) is 5.37. The molecule has 20 heavy (non-hydrogen) atoms. The zero-order chi connectivity index (χ0) is 14.4. The van der Waals surface area contributed by atoms with Crippen LogP contribution in [0.5, 0.6) is 0 Å². The van der Waals surface area contributed by atoms with Gasteiger partial charge in [-0.3, -0.25) is 4.79 Å². The largest absolute Gasteiger partial charge is 0.338 e. The van der Waals surface area contributed by atoms with Crippen LogP contribution < -0.4 is 0 Å². The van der Waals surface area contributed by atoms with Crippen LogP contribution in [0.15, 0.2) is 24.3 Å². The highest BCUT2D eigenvalue weighted by molar-refractivity contribution is 6.30. The van der Waals surface area contributed by atoms with Crippen molar-refractivity contribution in [1.29, 1.82) is 0 Å². The lowest BCUT2D eigenvalue weighted by molar-refractivity contribution is -0.133. The Morgan fingerprint density at radius 3 is 2.65 bits per heavy atom. The van der Waals surface area contributed by atoms with Crippen molar-refractivity contribution in [2.45, 2.75) is 44.6 Å². The maximum atomic E-state index is 12.5. The Labute approximate surface area is 131 Å². The molecule has 2 nitrogen and oxygen atoms in total. The second kappa shape index (κ2) is 7.90. The van der Waals surface area contributed by atoms with Gasteiger partial charge in [0.25, 0.3) is 0 Å². The molecule has 1 saturated carbocycles. The lowest BCUT2D eigenvalue weighted by atomic mass is 9.93. The molecule has 2 rings (SSSR count). The van der Waals surface area contributed by atoms with E-state index < -0.39 is 0 Å². The topological polar surface area (TPSA) is 20.3 Å². The molecule has 1 aromatic rings. The van der Waals surface area contributed by atoms with Gasteiger partial charge in [-0.2, -0.15) is 0 Å². The third kappa shape index (κ3) is 4.39. The minimum Gasteiger partial charge on any atom is -0.338 e. The molecule has 0 aliphatic heterocycles. The monoisotopic (exact) mass is 313 g/mol. The zero-order valence-electron chi connectivity index (χ0n) is 11.7. The molecule has 1 fully saturated rings. The fourth-order valence-corrected chi connectivity index (χ4v) is 3.31. The van der Waals surface area contributed by atoms with Gasteiger partial charge in [-0.1, -0.05) is 43.0 Å². The van der Waals surface area contributed by atoms with Crippen LogP contribution in [0.25, 0.3) is 0 Å². The van der Waals surface area contributed by atoms with Crippen LogP contribution in [0.1, 0.15) is 37.7 Å². The van der Waals surface area contributed by atoms with Crippen LogP contribution in [0, 0.1) is 0 Å². The molecule has 0 aromatic heterocycles. The lowest BCUT2D eigenvalue weighted by Gasteiger charge is -2.34. The van der Waals surface area contributed by atoms with E-state index in [0.29, 0.717) is 29.9 Å². The Kier molecular flexibility index (Phi) is 6.18. The van der Waals surface area contributed by atoms with E-state index in [1.807, 2.05) is 29.2 Å². The molecule has 0 radical (unpaired) electrons. The first-order valence-electron chi connectivity index (χ1n) is 7.30. The molecule has 1 aliphatic rings. The van der Waals surface area contributed by atoms with Gasteiger partial charge in [0, 0.05) is 23.5 Å². The quantitative estimate of drug-likeness (QED) is 0.743. The number of hydrogen-bond acceptors (Lipinski definition) is 1. The average Bonchev–Trinajstić information content (AvgIpc) is 2.45. The first-order chi connectivity index (χ1) is 9.70. The van der Waals surface area contributed by atoms with Crippen molar-refractivity contribution in [2.75, 3.05) is 12.4 Å². The number of carbonyl (C=O) groups is 1. The van der Waals surface area contributed by atoms with Gasteiger partial charge in [-0.25, -0.2) is 0 Å². The van der Waals surface area contributed by atoms with Gasteiger partial charge in [0.05, 0.1) is 6.42 Å². The first kappa shape index (κ1) is 15.7. The smallest absolute Gasteiger partial charge is 0.227 e. The van der Waals surface area contributed by atoms with Crippen molar-refractivity contribution < 1.29 is 4.79 Å². The molecular weight excluding hydrogens is 293 g/mol. The number of nitrogens with zero attached hydrogens (tertiary/aromatic N) is 1. The Balaban J connectivity index is 2.02. The number of hydrogen-bond donors (Lipinski definition) is 0. The molecule has 1 aromatic carbocycles. The maximum Gasteiger partial charge on any atom is 0.227 e. The predicted molar refractivity (Wildman–Crippen MR) is 84.5 cm³/mol. The van der Waals surface area contributed by atoms with E-state index in [2.05, 4.69) is 0 Å². The van der Waals surface area contributed by atoms with Gasteiger partial charge < -0.3 is 4.90 Å². The van der Waals surface area contributed by atoms with Gasteiger partial charge >= 0.3 is 0 Å². The molecule has 0 atom stereocenters. The van der Waals surface area contributed by atoms with E-state index in [-0.39, 0.29) is 5.91 Å². The molecule has 0 unspecified atom stereocenters. The standard InChI is InChI=1S/C16H21Cl2NO/c17-9-10-19(15-7-2-1-3-8-15)16(20)12-13-5-4-6-14(18)11-13/h4-6,11,15H,1-3,7-10,12H2. The van der Waals surface area contributed by atoms with Crippen molar-refractivity contribution in [3.63, 3.8) is 0 Å². The molecule has 1 aliphatic carbocycles. The molecule has 0 heterocycles. The van der Waals surface area contributed by atoms with E-state index in [9.17, 15) is 4.79 Å². The van der Waals surface area contributed by atoms with Crippen LogP contribution in [0.4, 0.5) is 0 Å². The van der Waals surface area contributed by atoms with Crippen molar-refractivity contribution in [1.82, 2.24) is 4.90 Å².